The second kappa shape index (κ2) is 7.78. The van der Waals surface area contributed by atoms with Crippen molar-refractivity contribution in [2.45, 2.75) is 32.4 Å². The van der Waals surface area contributed by atoms with Crippen molar-refractivity contribution in [3.63, 3.8) is 0 Å². The maximum Gasteiger partial charge on any atom is 0.360 e. The molecule has 0 aliphatic carbocycles. The molecule has 1 aromatic heterocycles. The van der Waals surface area contributed by atoms with Crippen LogP contribution in [0, 0.1) is 0 Å². The Labute approximate surface area is 106 Å². The third kappa shape index (κ3) is 3.78. The van der Waals surface area contributed by atoms with Crippen molar-refractivity contribution in [2.75, 3.05) is 20.8 Å². The molecule has 1 rings (SSSR count). The largest absolute Gasteiger partial charge is 0.464 e. The van der Waals surface area contributed by atoms with Crippen molar-refractivity contribution in [1.82, 2.24) is 15.0 Å². The number of methoxy groups -OCH3 is 2. The molecule has 102 valence electrons. The van der Waals surface area contributed by atoms with Crippen LogP contribution < -0.4 is 0 Å². The predicted molar refractivity (Wildman–Crippen MR) is 63.0 cm³/mol. The van der Waals surface area contributed by atoms with Crippen LogP contribution in [0.5, 0.6) is 0 Å². The van der Waals surface area contributed by atoms with Gasteiger partial charge in [0.2, 0.25) is 0 Å². The van der Waals surface area contributed by atoms with Crippen LogP contribution in [-0.4, -0.2) is 46.9 Å². The maximum absolute atomic E-state index is 11.5. The van der Waals surface area contributed by atoms with E-state index in [1.807, 2.05) is 0 Å². The number of nitrogens with zero attached hydrogens (tertiary/aromatic N) is 3. The molecule has 0 spiro atoms. The SMILES string of the molecule is COCc1c(C(=O)OC)nnn1CCCCCO. The highest BCUT2D eigenvalue weighted by atomic mass is 16.5. The molecule has 0 aromatic carbocycles. The molecule has 1 aromatic rings. The molecule has 1 heterocycles. The van der Waals surface area contributed by atoms with Gasteiger partial charge in [-0.3, -0.25) is 0 Å². The molecule has 7 nitrogen and oxygen atoms in total. The lowest BCUT2D eigenvalue weighted by atomic mass is 10.2. The van der Waals surface area contributed by atoms with Gasteiger partial charge in [-0.2, -0.15) is 0 Å². The molecule has 0 aliphatic heterocycles. The van der Waals surface area contributed by atoms with E-state index in [1.165, 1.54) is 7.11 Å². The van der Waals surface area contributed by atoms with Crippen molar-refractivity contribution >= 4 is 5.97 Å². The average Bonchev–Trinajstić information content (AvgIpc) is 2.77. The van der Waals surface area contributed by atoms with Gasteiger partial charge in [0.15, 0.2) is 5.69 Å². The van der Waals surface area contributed by atoms with E-state index in [0.717, 1.165) is 19.3 Å². The number of aryl methyl sites for hydroxylation is 1. The molecule has 0 radical (unpaired) electrons. The van der Waals surface area contributed by atoms with E-state index < -0.39 is 5.97 Å². The van der Waals surface area contributed by atoms with Gasteiger partial charge in [0.1, 0.15) is 0 Å². The van der Waals surface area contributed by atoms with Crippen molar-refractivity contribution in [3.8, 4) is 0 Å². The Morgan fingerprint density at radius 3 is 2.72 bits per heavy atom. The van der Waals surface area contributed by atoms with Crippen LogP contribution in [0.25, 0.3) is 0 Å². The van der Waals surface area contributed by atoms with Gasteiger partial charge in [-0.15, -0.1) is 5.10 Å². The lowest BCUT2D eigenvalue weighted by Gasteiger charge is -2.06. The van der Waals surface area contributed by atoms with Crippen LogP contribution in [0.3, 0.4) is 0 Å². The summed E-state index contributed by atoms with van der Waals surface area (Å²) in [6.07, 6.45) is 2.52. The Hall–Kier alpha value is -1.47. The van der Waals surface area contributed by atoms with Crippen molar-refractivity contribution < 1.29 is 19.4 Å². The Morgan fingerprint density at radius 2 is 2.11 bits per heavy atom. The zero-order valence-electron chi connectivity index (χ0n) is 10.8. The zero-order valence-corrected chi connectivity index (χ0v) is 10.8. The molecule has 0 unspecified atom stereocenters. The number of esters is 1. The van der Waals surface area contributed by atoms with Crippen molar-refractivity contribution in [3.05, 3.63) is 11.4 Å². The third-order valence-electron chi connectivity index (χ3n) is 2.53. The second-order valence-electron chi connectivity index (χ2n) is 3.82. The molecular weight excluding hydrogens is 238 g/mol. The topological polar surface area (TPSA) is 86.5 Å². The van der Waals surface area contributed by atoms with Crippen molar-refractivity contribution in [2.24, 2.45) is 0 Å². The van der Waals surface area contributed by atoms with Gasteiger partial charge in [0.25, 0.3) is 0 Å². The average molecular weight is 257 g/mol. The van der Waals surface area contributed by atoms with E-state index in [1.54, 1.807) is 11.8 Å². The molecule has 18 heavy (non-hydrogen) atoms. The number of carbonyl (C=O) groups is 1. The number of aliphatic hydroxyl groups excluding tert-OH is 1. The fourth-order valence-corrected chi connectivity index (χ4v) is 1.60. The molecule has 0 saturated carbocycles. The number of aromatic nitrogens is 3. The number of hydrogen-bond donors (Lipinski definition) is 1. The minimum atomic E-state index is -0.511. The Kier molecular flexibility index (Phi) is 6.31. The summed E-state index contributed by atoms with van der Waals surface area (Å²) in [5.41, 5.74) is 0.815. The van der Waals surface area contributed by atoms with Crippen LogP contribution in [0.2, 0.25) is 0 Å². The Balaban J connectivity index is 2.71. The van der Waals surface area contributed by atoms with E-state index >= 15 is 0 Å². The lowest BCUT2D eigenvalue weighted by Crippen LogP contribution is -2.11. The minimum absolute atomic E-state index is 0.190. The summed E-state index contributed by atoms with van der Waals surface area (Å²) in [7, 11) is 2.85. The molecule has 0 bridgehead atoms. The molecule has 0 atom stereocenters. The molecule has 0 saturated heterocycles. The first-order chi connectivity index (χ1) is 8.74. The fraction of sp³-hybridized carbons (Fsp3) is 0.727. The van der Waals surface area contributed by atoms with Crippen LogP contribution in [-0.2, 0) is 22.6 Å². The highest BCUT2D eigenvalue weighted by Gasteiger charge is 2.19. The predicted octanol–water partition coefficient (Wildman–Crippen LogP) is 0.374. The Morgan fingerprint density at radius 1 is 1.33 bits per heavy atom. The van der Waals surface area contributed by atoms with Gasteiger partial charge < -0.3 is 14.6 Å². The normalized spacial score (nSPS) is 10.6. The van der Waals surface area contributed by atoms with Gasteiger partial charge >= 0.3 is 5.97 Å². The Bertz CT molecular complexity index is 378. The second-order valence-corrected chi connectivity index (χ2v) is 3.82. The number of aliphatic hydroxyl groups is 1. The summed E-state index contributed by atoms with van der Waals surface area (Å²) < 4.78 is 11.3. The van der Waals surface area contributed by atoms with E-state index in [2.05, 4.69) is 15.0 Å². The van der Waals surface area contributed by atoms with Crippen LogP contribution in [0.15, 0.2) is 0 Å². The maximum atomic E-state index is 11.5. The number of ether oxygens (including phenoxy) is 2. The van der Waals surface area contributed by atoms with Crippen LogP contribution >= 0.6 is 0 Å². The van der Waals surface area contributed by atoms with Crippen LogP contribution in [0.1, 0.15) is 35.4 Å². The quantitative estimate of drug-likeness (QED) is 0.535. The first-order valence-electron chi connectivity index (χ1n) is 5.85. The molecule has 0 amide bonds. The first-order valence-corrected chi connectivity index (χ1v) is 5.85. The van der Waals surface area contributed by atoms with E-state index in [4.69, 9.17) is 9.84 Å². The number of carbonyl (C=O) groups excluding carboxylic acids is 1. The van der Waals surface area contributed by atoms with Gasteiger partial charge in [0.05, 0.1) is 19.4 Å². The number of hydrogen-bond acceptors (Lipinski definition) is 6. The highest BCUT2D eigenvalue weighted by molar-refractivity contribution is 5.88. The summed E-state index contributed by atoms with van der Waals surface area (Å²) in [5, 5.41) is 16.4. The zero-order chi connectivity index (χ0) is 13.4. The third-order valence-corrected chi connectivity index (χ3v) is 2.53. The standard InChI is InChI=1S/C11H19N3O4/c1-17-8-9-10(11(16)18-2)12-13-14(9)6-4-3-5-7-15/h15H,3-8H2,1-2H3. The summed E-state index contributed by atoms with van der Waals surface area (Å²) in [6, 6.07) is 0. The molecular formula is C11H19N3O4. The van der Waals surface area contributed by atoms with E-state index in [9.17, 15) is 4.79 Å². The molecule has 1 N–H and O–H groups in total. The first kappa shape index (κ1) is 14.6. The highest BCUT2D eigenvalue weighted by Crippen LogP contribution is 2.10. The number of rotatable bonds is 8. The van der Waals surface area contributed by atoms with E-state index in [0.29, 0.717) is 12.2 Å². The summed E-state index contributed by atoms with van der Waals surface area (Å²) >= 11 is 0. The molecule has 0 fully saturated rings. The van der Waals surface area contributed by atoms with Gasteiger partial charge in [0, 0.05) is 20.3 Å². The smallest absolute Gasteiger partial charge is 0.360 e. The van der Waals surface area contributed by atoms with Crippen LogP contribution in [0.4, 0.5) is 0 Å². The number of unbranched alkanes of at least 4 members (excludes halogenated alkanes) is 2. The molecule has 7 heteroatoms. The lowest BCUT2D eigenvalue weighted by molar-refractivity contribution is 0.0588. The van der Waals surface area contributed by atoms with Crippen molar-refractivity contribution in [1.29, 1.82) is 0 Å². The van der Waals surface area contributed by atoms with E-state index in [-0.39, 0.29) is 18.9 Å². The summed E-state index contributed by atoms with van der Waals surface area (Å²) in [4.78, 5) is 11.5. The van der Waals surface area contributed by atoms with Gasteiger partial charge in [-0.25, -0.2) is 9.48 Å². The molecule has 0 aliphatic rings. The minimum Gasteiger partial charge on any atom is -0.464 e. The van der Waals surface area contributed by atoms with Gasteiger partial charge in [-0.05, 0) is 19.3 Å². The summed E-state index contributed by atoms with van der Waals surface area (Å²) in [6.45, 7) is 1.09. The fourth-order valence-electron chi connectivity index (χ4n) is 1.60. The summed E-state index contributed by atoms with van der Waals surface area (Å²) in [5.74, 6) is -0.511. The monoisotopic (exact) mass is 257 g/mol. The van der Waals surface area contributed by atoms with Gasteiger partial charge in [-0.1, -0.05) is 5.21 Å².